The quantitative estimate of drug-likeness (QED) is 0.772. The molecule has 3 nitrogen and oxygen atoms in total. The van der Waals surface area contributed by atoms with Crippen LogP contribution in [0.25, 0.3) is 0 Å². The van der Waals surface area contributed by atoms with E-state index in [4.69, 9.17) is 0 Å². The Hall–Kier alpha value is -1.03. The monoisotopic (exact) mass is 244 g/mol. The number of phenolic OH excluding ortho intramolecular Hbond substituents is 1. The second kappa shape index (κ2) is 3.79. The van der Waals surface area contributed by atoms with Crippen molar-refractivity contribution in [3.63, 3.8) is 0 Å². The van der Waals surface area contributed by atoms with Gasteiger partial charge in [-0.25, -0.2) is 4.79 Å². The van der Waals surface area contributed by atoms with Crippen molar-refractivity contribution >= 4 is 21.9 Å². The maximum absolute atomic E-state index is 11.1. The van der Waals surface area contributed by atoms with Crippen molar-refractivity contribution in [2.24, 2.45) is 0 Å². The van der Waals surface area contributed by atoms with Gasteiger partial charge in [-0.3, -0.25) is 0 Å². The molecule has 0 amide bonds. The molecule has 0 saturated carbocycles. The summed E-state index contributed by atoms with van der Waals surface area (Å²) in [6.07, 6.45) is 0. The minimum atomic E-state index is -0.543. The molecular formula is C9H9BrO3. The average Bonchev–Trinajstić information content (AvgIpc) is 2.13. The summed E-state index contributed by atoms with van der Waals surface area (Å²) >= 11 is 3.17. The third-order valence-electron chi connectivity index (χ3n) is 1.71. The van der Waals surface area contributed by atoms with Crippen LogP contribution in [0.2, 0.25) is 0 Å². The average molecular weight is 245 g/mol. The molecule has 70 valence electrons. The third kappa shape index (κ3) is 1.83. The number of esters is 1. The Morgan fingerprint density at radius 1 is 1.54 bits per heavy atom. The summed E-state index contributed by atoms with van der Waals surface area (Å²) in [5, 5.41) is 9.53. The molecule has 0 aromatic heterocycles. The second-order valence-electron chi connectivity index (χ2n) is 2.58. The third-order valence-corrected chi connectivity index (χ3v) is 2.72. The van der Waals surface area contributed by atoms with Gasteiger partial charge in [0, 0.05) is 0 Å². The first-order chi connectivity index (χ1) is 6.07. The van der Waals surface area contributed by atoms with E-state index in [1.807, 2.05) is 6.92 Å². The van der Waals surface area contributed by atoms with E-state index >= 15 is 0 Å². The predicted molar refractivity (Wildman–Crippen MR) is 51.9 cm³/mol. The highest BCUT2D eigenvalue weighted by Gasteiger charge is 2.14. The lowest BCUT2D eigenvalue weighted by Gasteiger charge is -2.05. The lowest BCUT2D eigenvalue weighted by atomic mass is 10.1. The van der Waals surface area contributed by atoms with E-state index in [0.29, 0.717) is 4.47 Å². The van der Waals surface area contributed by atoms with Gasteiger partial charge in [0.15, 0.2) is 0 Å². The highest BCUT2D eigenvalue weighted by atomic mass is 79.9. The SMILES string of the molecule is COC(=O)c1ccc(C)c(Br)c1O. The summed E-state index contributed by atoms with van der Waals surface area (Å²) in [5.74, 6) is -0.620. The number of hydrogen-bond acceptors (Lipinski definition) is 3. The number of hydrogen-bond donors (Lipinski definition) is 1. The van der Waals surface area contributed by atoms with Gasteiger partial charge in [0.05, 0.1) is 11.6 Å². The number of carbonyl (C=O) groups is 1. The Bertz CT molecular complexity index is 347. The molecule has 1 aromatic rings. The first-order valence-corrected chi connectivity index (χ1v) is 4.43. The maximum Gasteiger partial charge on any atom is 0.341 e. The van der Waals surface area contributed by atoms with Crippen LogP contribution in [-0.2, 0) is 4.74 Å². The molecule has 13 heavy (non-hydrogen) atoms. The van der Waals surface area contributed by atoms with Gasteiger partial charge >= 0.3 is 5.97 Å². The molecule has 1 N–H and O–H groups in total. The van der Waals surface area contributed by atoms with Crippen molar-refractivity contribution in [1.82, 2.24) is 0 Å². The van der Waals surface area contributed by atoms with Gasteiger partial charge in [0.2, 0.25) is 0 Å². The summed E-state index contributed by atoms with van der Waals surface area (Å²) in [6.45, 7) is 1.82. The van der Waals surface area contributed by atoms with E-state index in [0.717, 1.165) is 5.56 Å². The Balaban J connectivity index is 3.26. The van der Waals surface area contributed by atoms with Crippen molar-refractivity contribution in [3.05, 3.63) is 27.7 Å². The Kier molecular flexibility index (Phi) is 2.93. The molecule has 0 aliphatic heterocycles. The molecule has 0 fully saturated rings. The summed E-state index contributed by atoms with van der Waals surface area (Å²) < 4.78 is 5.02. The standard InChI is InChI=1S/C9H9BrO3/c1-5-3-4-6(9(12)13-2)8(11)7(5)10/h3-4,11H,1-2H3. The van der Waals surface area contributed by atoms with Gasteiger partial charge in [-0.05, 0) is 34.5 Å². The van der Waals surface area contributed by atoms with Gasteiger partial charge < -0.3 is 9.84 Å². The zero-order valence-electron chi connectivity index (χ0n) is 7.30. The number of phenols is 1. The number of rotatable bonds is 1. The molecule has 0 bridgehead atoms. The van der Waals surface area contributed by atoms with Crippen molar-refractivity contribution < 1.29 is 14.6 Å². The lowest BCUT2D eigenvalue weighted by Crippen LogP contribution is -2.01. The highest BCUT2D eigenvalue weighted by molar-refractivity contribution is 9.10. The fourth-order valence-electron chi connectivity index (χ4n) is 0.940. The van der Waals surface area contributed by atoms with Crippen LogP contribution in [0.5, 0.6) is 5.75 Å². The number of aromatic hydroxyl groups is 1. The number of methoxy groups -OCH3 is 1. The number of aryl methyl sites for hydroxylation is 1. The number of halogens is 1. The van der Waals surface area contributed by atoms with E-state index in [2.05, 4.69) is 20.7 Å². The van der Waals surface area contributed by atoms with E-state index in [9.17, 15) is 9.90 Å². The summed E-state index contributed by atoms with van der Waals surface area (Å²) in [6, 6.07) is 3.26. The molecular weight excluding hydrogens is 236 g/mol. The molecule has 1 aromatic carbocycles. The molecule has 0 radical (unpaired) electrons. The zero-order chi connectivity index (χ0) is 10.0. The van der Waals surface area contributed by atoms with Gasteiger partial charge in [0.25, 0.3) is 0 Å². The zero-order valence-corrected chi connectivity index (χ0v) is 8.88. The fourth-order valence-corrected chi connectivity index (χ4v) is 1.29. The smallest absolute Gasteiger partial charge is 0.341 e. The van der Waals surface area contributed by atoms with E-state index < -0.39 is 5.97 Å². The Morgan fingerprint density at radius 2 is 2.15 bits per heavy atom. The minimum Gasteiger partial charge on any atom is -0.506 e. The summed E-state index contributed by atoms with van der Waals surface area (Å²) in [7, 11) is 1.27. The van der Waals surface area contributed by atoms with Crippen LogP contribution in [0.1, 0.15) is 15.9 Å². The van der Waals surface area contributed by atoms with Gasteiger partial charge in [-0.2, -0.15) is 0 Å². The van der Waals surface area contributed by atoms with Crippen molar-refractivity contribution in [3.8, 4) is 5.75 Å². The number of ether oxygens (including phenoxy) is 1. The van der Waals surface area contributed by atoms with E-state index in [1.165, 1.54) is 13.2 Å². The van der Waals surface area contributed by atoms with Crippen molar-refractivity contribution in [1.29, 1.82) is 0 Å². The number of carbonyl (C=O) groups excluding carboxylic acids is 1. The molecule has 4 heteroatoms. The molecule has 1 rings (SSSR count). The first kappa shape index (κ1) is 10.1. The summed E-state index contributed by atoms with van der Waals surface area (Å²) in [5.41, 5.74) is 1.03. The normalized spacial score (nSPS) is 9.77. The van der Waals surface area contributed by atoms with Gasteiger partial charge in [-0.1, -0.05) is 6.07 Å². The second-order valence-corrected chi connectivity index (χ2v) is 3.38. The van der Waals surface area contributed by atoms with Crippen LogP contribution in [0.4, 0.5) is 0 Å². The molecule has 0 unspecified atom stereocenters. The summed E-state index contributed by atoms with van der Waals surface area (Å²) in [4.78, 5) is 11.1. The molecule has 0 aliphatic rings. The topological polar surface area (TPSA) is 46.5 Å². The largest absolute Gasteiger partial charge is 0.506 e. The molecule has 0 spiro atoms. The number of benzene rings is 1. The molecule has 0 atom stereocenters. The minimum absolute atomic E-state index is 0.0770. The van der Waals surface area contributed by atoms with Crippen LogP contribution in [0, 0.1) is 6.92 Å². The maximum atomic E-state index is 11.1. The molecule has 0 saturated heterocycles. The molecule has 0 aliphatic carbocycles. The highest BCUT2D eigenvalue weighted by Crippen LogP contribution is 2.31. The Labute approximate surface area is 84.5 Å². The van der Waals surface area contributed by atoms with Gasteiger partial charge in [0.1, 0.15) is 11.3 Å². The molecule has 0 heterocycles. The van der Waals surface area contributed by atoms with Crippen molar-refractivity contribution in [2.45, 2.75) is 6.92 Å². The van der Waals surface area contributed by atoms with Crippen LogP contribution < -0.4 is 0 Å². The van der Waals surface area contributed by atoms with Gasteiger partial charge in [-0.15, -0.1) is 0 Å². The van der Waals surface area contributed by atoms with Crippen molar-refractivity contribution in [2.75, 3.05) is 7.11 Å². The van der Waals surface area contributed by atoms with Crippen LogP contribution in [0.15, 0.2) is 16.6 Å². The van der Waals surface area contributed by atoms with Crippen LogP contribution in [0.3, 0.4) is 0 Å². The van der Waals surface area contributed by atoms with Crippen LogP contribution in [-0.4, -0.2) is 18.2 Å². The predicted octanol–water partition coefficient (Wildman–Crippen LogP) is 2.25. The first-order valence-electron chi connectivity index (χ1n) is 3.64. The fraction of sp³-hybridized carbons (Fsp3) is 0.222. The van der Waals surface area contributed by atoms with E-state index in [1.54, 1.807) is 6.07 Å². The van der Waals surface area contributed by atoms with E-state index in [-0.39, 0.29) is 11.3 Å². The Morgan fingerprint density at radius 3 is 2.69 bits per heavy atom. The van der Waals surface area contributed by atoms with Crippen LogP contribution >= 0.6 is 15.9 Å². The lowest BCUT2D eigenvalue weighted by molar-refractivity contribution is 0.0597.